The molecular weight excluding hydrogens is 266 g/mol. The van der Waals surface area contributed by atoms with E-state index in [1.165, 1.54) is 0 Å². The molecule has 21 heavy (non-hydrogen) atoms. The Balaban J connectivity index is 1.88. The van der Waals surface area contributed by atoms with E-state index in [1.54, 1.807) is 13.3 Å². The molecule has 0 atom stereocenters. The molecule has 0 radical (unpaired) electrons. The van der Waals surface area contributed by atoms with E-state index in [-0.39, 0.29) is 11.4 Å². The third-order valence-corrected chi connectivity index (χ3v) is 4.45. The molecule has 0 unspecified atom stereocenters. The summed E-state index contributed by atoms with van der Waals surface area (Å²) in [7, 11) is 1.70. The molecule has 1 aromatic heterocycles. The first-order chi connectivity index (χ1) is 10.2. The topological polar surface area (TPSA) is 51.3 Å². The molecule has 2 aromatic rings. The molecule has 0 aliphatic heterocycles. The standard InChI is InChI=1S/C17H21NO3/c1-3-21-12-5-6-15-13(9-12)14(11-18-15)16(19)10-17(20-2)7-4-8-17/h5-6,9,11,18H,3-4,7-8,10H2,1-2H3. The van der Waals surface area contributed by atoms with Gasteiger partial charge in [-0.25, -0.2) is 0 Å². The summed E-state index contributed by atoms with van der Waals surface area (Å²) >= 11 is 0. The maximum absolute atomic E-state index is 12.6. The SMILES string of the molecule is CCOc1ccc2[nH]cc(C(=O)CC3(OC)CCC3)c2c1. The second kappa shape index (κ2) is 5.53. The van der Waals surface area contributed by atoms with Crippen LogP contribution in [-0.2, 0) is 4.74 Å². The Morgan fingerprint density at radius 2 is 2.19 bits per heavy atom. The number of hydrogen-bond donors (Lipinski definition) is 1. The fourth-order valence-corrected chi connectivity index (χ4v) is 3.00. The Labute approximate surface area is 124 Å². The van der Waals surface area contributed by atoms with Gasteiger partial charge in [0, 0.05) is 36.2 Å². The Hall–Kier alpha value is -1.81. The number of ketones is 1. The average Bonchev–Trinajstić information content (AvgIpc) is 2.86. The van der Waals surface area contributed by atoms with Crippen LogP contribution in [0.5, 0.6) is 5.75 Å². The molecule has 0 saturated heterocycles. The first-order valence-electron chi connectivity index (χ1n) is 7.50. The second-order valence-corrected chi connectivity index (χ2v) is 5.68. The lowest BCUT2D eigenvalue weighted by Crippen LogP contribution is -2.41. The van der Waals surface area contributed by atoms with Crippen LogP contribution in [0, 0.1) is 0 Å². The second-order valence-electron chi connectivity index (χ2n) is 5.68. The minimum Gasteiger partial charge on any atom is -0.494 e. The molecular formula is C17H21NO3. The van der Waals surface area contributed by atoms with E-state index < -0.39 is 0 Å². The molecule has 0 bridgehead atoms. The maximum Gasteiger partial charge on any atom is 0.167 e. The predicted octanol–water partition coefficient (Wildman–Crippen LogP) is 3.71. The van der Waals surface area contributed by atoms with Crippen LogP contribution in [0.1, 0.15) is 43.0 Å². The van der Waals surface area contributed by atoms with E-state index in [1.807, 2.05) is 25.1 Å². The van der Waals surface area contributed by atoms with Gasteiger partial charge in [-0.2, -0.15) is 0 Å². The average molecular weight is 287 g/mol. The lowest BCUT2D eigenvalue weighted by molar-refractivity contribution is -0.0704. The van der Waals surface area contributed by atoms with Crippen molar-refractivity contribution in [2.24, 2.45) is 0 Å². The van der Waals surface area contributed by atoms with E-state index in [4.69, 9.17) is 9.47 Å². The van der Waals surface area contributed by atoms with Gasteiger partial charge in [0.2, 0.25) is 0 Å². The molecule has 4 heteroatoms. The summed E-state index contributed by atoms with van der Waals surface area (Å²) in [6.45, 7) is 2.57. The zero-order chi connectivity index (χ0) is 14.9. The Morgan fingerprint density at radius 1 is 1.38 bits per heavy atom. The first-order valence-corrected chi connectivity index (χ1v) is 7.50. The van der Waals surface area contributed by atoms with Gasteiger partial charge in [-0.15, -0.1) is 0 Å². The quantitative estimate of drug-likeness (QED) is 0.824. The van der Waals surface area contributed by atoms with Crippen molar-refractivity contribution < 1.29 is 14.3 Å². The number of carbonyl (C=O) groups excluding carboxylic acids is 1. The minimum atomic E-state index is -0.238. The molecule has 4 nitrogen and oxygen atoms in total. The number of aromatic amines is 1. The van der Waals surface area contributed by atoms with Crippen LogP contribution < -0.4 is 4.74 Å². The molecule has 3 rings (SSSR count). The Bertz CT molecular complexity index is 650. The fourth-order valence-electron chi connectivity index (χ4n) is 3.00. The summed E-state index contributed by atoms with van der Waals surface area (Å²) in [4.78, 5) is 15.8. The number of fused-ring (bicyclic) bond motifs is 1. The molecule has 0 spiro atoms. The number of H-pyrrole nitrogens is 1. The van der Waals surface area contributed by atoms with Gasteiger partial charge in [0.25, 0.3) is 0 Å². The van der Waals surface area contributed by atoms with Crippen LogP contribution >= 0.6 is 0 Å². The highest BCUT2D eigenvalue weighted by Crippen LogP contribution is 2.39. The largest absolute Gasteiger partial charge is 0.494 e. The van der Waals surface area contributed by atoms with E-state index in [0.29, 0.717) is 13.0 Å². The number of nitrogens with one attached hydrogen (secondary N) is 1. The zero-order valence-corrected chi connectivity index (χ0v) is 12.6. The Morgan fingerprint density at radius 3 is 2.81 bits per heavy atom. The van der Waals surface area contributed by atoms with Crippen LogP contribution in [0.25, 0.3) is 10.9 Å². The van der Waals surface area contributed by atoms with Crippen molar-refractivity contribution in [3.05, 3.63) is 30.0 Å². The molecule has 1 fully saturated rings. The molecule has 1 aromatic carbocycles. The van der Waals surface area contributed by atoms with Crippen molar-refractivity contribution in [3.63, 3.8) is 0 Å². The molecule has 1 aliphatic rings. The number of Topliss-reactive ketones (excluding diaryl/α,β-unsaturated/α-hetero) is 1. The van der Waals surface area contributed by atoms with Crippen LogP contribution in [0.2, 0.25) is 0 Å². The van der Waals surface area contributed by atoms with E-state index in [2.05, 4.69) is 4.98 Å². The number of rotatable bonds is 6. The van der Waals surface area contributed by atoms with Gasteiger partial charge in [0.1, 0.15) is 5.75 Å². The lowest BCUT2D eigenvalue weighted by atomic mass is 9.76. The summed E-state index contributed by atoms with van der Waals surface area (Å²) in [5, 5.41) is 0.927. The van der Waals surface area contributed by atoms with Gasteiger partial charge in [-0.1, -0.05) is 0 Å². The summed E-state index contributed by atoms with van der Waals surface area (Å²) in [5.41, 5.74) is 1.45. The highest BCUT2D eigenvalue weighted by molar-refractivity contribution is 6.08. The summed E-state index contributed by atoms with van der Waals surface area (Å²) in [6, 6.07) is 5.80. The molecule has 0 amide bonds. The fraction of sp³-hybridized carbons (Fsp3) is 0.471. The third kappa shape index (κ3) is 2.56. The molecule has 1 saturated carbocycles. The van der Waals surface area contributed by atoms with Crippen molar-refractivity contribution in [1.82, 2.24) is 4.98 Å². The number of carbonyl (C=O) groups is 1. The van der Waals surface area contributed by atoms with E-state index >= 15 is 0 Å². The smallest absolute Gasteiger partial charge is 0.167 e. The maximum atomic E-state index is 12.6. The van der Waals surface area contributed by atoms with Crippen molar-refractivity contribution in [2.75, 3.05) is 13.7 Å². The summed E-state index contributed by atoms with van der Waals surface area (Å²) in [6.07, 6.45) is 5.34. The first kappa shape index (κ1) is 14.1. The van der Waals surface area contributed by atoms with E-state index in [0.717, 1.165) is 41.5 Å². The molecule has 1 aliphatic carbocycles. The van der Waals surface area contributed by atoms with Gasteiger partial charge >= 0.3 is 0 Å². The minimum absolute atomic E-state index is 0.136. The highest BCUT2D eigenvalue weighted by Gasteiger charge is 2.39. The van der Waals surface area contributed by atoms with Gasteiger partial charge in [-0.05, 0) is 44.4 Å². The van der Waals surface area contributed by atoms with Crippen LogP contribution in [0.15, 0.2) is 24.4 Å². The van der Waals surface area contributed by atoms with Gasteiger partial charge in [0.15, 0.2) is 5.78 Å². The van der Waals surface area contributed by atoms with Crippen LogP contribution in [0.3, 0.4) is 0 Å². The molecule has 1 N–H and O–H groups in total. The van der Waals surface area contributed by atoms with Crippen molar-refractivity contribution in [3.8, 4) is 5.75 Å². The van der Waals surface area contributed by atoms with Crippen molar-refractivity contribution in [1.29, 1.82) is 0 Å². The Kier molecular flexibility index (Phi) is 3.72. The number of aromatic nitrogens is 1. The van der Waals surface area contributed by atoms with Gasteiger partial charge in [-0.3, -0.25) is 4.79 Å². The number of benzene rings is 1. The summed E-state index contributed by atoms with van der Waals surface area (Å²) < 4.78 is 11.1. The number of methoxy groups -OCH3 is 1. The lowest BCUT2D eigenvalue weighted by Gasteiger charge is -2.40. The van der Waals surface area contributed by atoms with Crippen LogP contribution in [0.4, 0.5) is 0 Å². The van der Waals surface area contributed by atoms with Crippen LogP contribution in [-0.4, -0.2) is 30.1 Å². The van der Waals surface area contributed by atoms with Crippen molar-refractivity contribution >= 4 is 16.7 Å². The zero-order valence-electron chi connectivity index (χ0n) is 12.6. The van der Waals surface area contributed by atoms with Gasteiger partial charge < -0.3 is 14.5 Å². The normalized spacial score (nSPS) is 16.7. The number of hydrogen-bond acceptors (Lipinski definition) is 3. The summed E-state index contributed by atoms with van der Waals surface area (Å²) in [5.74, 6) is 0.931. The molecule has 1 heterocycles. The predicted molar refractivity (Wildman–Crippen MR) is 82.0 cm³/mol. The third-order valence-electron chi connectivity index (χ3n) is 4.45. The van der Waals surface area contributed by atoms with E-state index in [9.17, 15) is 4.79 Å². The van der Waals surface area contributed by atoms with Gasteiger partial charge in [0.05, 0.1) is 12.2 Å². The number of ether oxygens (including phenoxy) is 2. The highest BCUT2D eigenvalue weighted by atomic mass is 16.5. The van der Waals surface area contributed by atoms with Crippen molar-refractivity contribution in [2.45, 2.75) is 38.2 Å². The molecule has 112 valence electrons. The monoisotopic (exact) mass is 287 g/mol.